The molecule has 0 atom stereocenters. The molecule has 0 fully saturated rings. The molecule has 0 unspecified atom stereocenters. The van der Waals surface area contributed by atoms with Crippen molar-refractivity contribution >= 4 is 5.91 Å². The van der Waals surface area contributed by atoms with Gasteiger partial charge in [0.05, 0.1) is 5.91 Å². The van der Waals surface area contributed by atoms with Crippen molar-refractivity contribution in [2.24, 2.45) is 0 Å². The van der Waals surface area contributed by atoms with Crippen molar-refractivity contribution in [3.05, 3.63) is 41.6 Å². The van der Waals surface area contributed by atoms with E-state index in [1.54, 1.807) is 0 Å². The predicted molar refractivity (Wildman–Crippen MR) is 39.5 cm³/mol. The molecule has 3 heteroatoms. The molecular formula is C8H8CeNO-. The van der Waals surface area contributed by atoms with Crippen LogP contribution in [0.15, 0.2) is 30.3 Å². The Labute approximate surface area is 99.5 Å². The van der Waals surface area contributed by atoms with E-state index >= 15 is 0 Å². The zero-order valence-electron chi connectivity index (χ0n) is 6.00. The molecule has 56 valence electrons. The summed E-state index contributed by atoms with van der Waals surface area (Å²) < 4.78 is 0. The standard InChI is InChI=1S/C8H9NO.Ce/c9-8(10)6-7-4-2-1-3-5-7;/h1-5H,6H2,(H2,9,10);/p-1. The van der Waals surface area contributed by atoms with Gasteiger partial charge in [0, 0.05) is 48.2 Å². The molecule has 1 aromatic rings. The summed E-state index contributed by atoms with van der Waals surface area (Å²) in [5, 5.41) is 0. The van der Waals surface area contributed by atoms with Gasteiger partial charge >= 0.3 is 0 Å². The second kappa shape index (κ2) is 5.68. The van der Waals surface area contributed by atoms with Crippen LogP contribution in [0, 0.1) is 41.7 Å². The van der Waals surface area contributed by atoms with Gasteiger partial charge < -0.3 is 10.5 Å². The Morgan fingerprint density at radius 3 is 2.27 bits per heavy atom. The van der Waals surface area contributed by atoms with Crippen molar-refractivity contribution in [1.82, 2.24) is 0 Å². The van der Waals surface area contributed by atoms with Crippen LogP contribution in [0.2, 0.25) is 0 Å². The fraction of sp³-hybridized carbons (Fsp3) is 0.125. The third kappa shape index (κ3) is 4.50. The summed E-state index contributed by atoms with van der Waals surface area (Å²) in [6, 6.07) is 9.29. The fourth-order valence-corrected chi connectivity index (χ4v) is 0.781. The number of hydrogen-bond donors (Lipinski definition) is 0. The zero-order valence-corrected chi connectivity index (χ0v) is 9.14. The largest absolute Gasteiger partial charge is 0.667 e. The van der Waals surface area contributed by atoms with Gasteiger partial charge in [-0.1, -0.05) is 30.3 Å². The quantitative estimate of drug-likeness (QED) is 0.810. The second-order valence-corrected chi connectivity index (χ2v) is 2.09. The molecule has 1 N–H and O–H groups in total. The average Bonchev–Trinajstić information content (AvgIpc) is 1.88. The number of hydrogen-bond acceptors (Lipinski definition) is 1. The van der Waals surface area contributed by atoms with Crippen molar-refractivity contribution in [3.63, 3.8) is 0 Å². The van der Waals surface area contributed by atoms with Gasteiger partial charge in [0.15, 0.2) is 0 Å². The van der Waals surface area contributed by atoms with Crippen LogP contribution in [-0.2, 0) is 11.2 Å². The number of amides is 1. The third-order valence-electron chi connectivity index (χ3n) is 1.21. The molecule has 2 nitrogen and oxygen atoms in total. The molecule has 0 aliphatic carbocycles. The first kappa shape index (κ1) is 11.1. The van der Waals surface area contributed by atoms with Gasteiger partial charge in [-0.05, 0) is 5.56 Å². The third-order valence-corrected chi connectivity index (χ3v) is 1.21. The van der Waals surface area contributed by atoms with Gasteiger partial charge in [-0.25, -0.2) is 0 Å². The van der Waals surface area contributed by atoms with Crippen LogP contribution in [0.25, 0.3) is 5.73 Å². The van der Waals surface area contributed by atoms with Gasteiger partial charge in [0.2, 0.25) is 0 Å². The summed E-state index contributed by atoms with van der Waals surface area (Å²) in [5.41, 5.74) is 7.58. The van der Waals surface area contributed by atoms with Crippen molar-refractivity contribution in [2.75, 3.05) is 0 Å². The normalized spacial score (nSPS) is 8.36. The van der Waals surface area contributed by atoms with E-state index in [0.717, 1.165) is 5.56 Å². The van der Waals surface area contributed by atoms with Crippen LogP contribution < -0.4 is 0 Å². The minimum absolute atomic E-state index is 0. The van der Waals surface area contributed by atoms with E-state index in [1.165, 1.54) is 0 Å². The van der Waals surface area contributed by atoms with E-state index in [0.29, 0.717) is 0 Å². The van der Waals surface area contributed by atoms with Crippen LogP contribution in [0.1, 0.15) is 5.56 Å². The zero-order chi connectivity index (χ0) is 7.40. The topological polar surface area (TPSA) is 40.9 Å². The first-order valence-corrected chi connectivity index (χ1v) is 3.07. The Morgan fingerprint density at radius 2 is 1.82 bits per heavy atom. The molecule has 0 aromatic heterocycles. The number of carbonyl (C=O) groups excluding carboxylic acids is 1. The molecule has 0 bridgehead atoms. The van der Waals surface area contributed by atoms with Gasteiger partial charge in [0.1, 0.15) is 0 Å². The van der Waals surface area contributed by atoms with E-state index in [4.69, 9.17) is 5.73 Å². The van der Waals surface area contributed by atoms with Crippen LogP contribution in [0.3, 0.4) is 0 Å². The van der Waals surface area contributed by atoms with E-state index in [9.17, 15) is 4.79 Å². The maximum Gasteiger partial charge on any atom is 0.0532 e. The Kier molecular flexibility index (Phi) is 5.72. The molecule has 1 aromatic carbocycles. The molecule has 0 aliphatic heterocycles. The fourth-order valence-electron chi connectivity index (χ4n) is 0.781. The van der Waals surface area contributed by atoms with E-state index in [-0.39, 0.29) is 48.2 Å². The van der Waals surface area contributed by atoms with Crippen molar-refractivity contribution in [2.45, 2.75) is 6.42 Å². The summed E-state index contributed by atoms with van der Waals surface area (Å²) in [6.45, 7) is 0. The van der Waals surface area contributed by atoms with E-state index in [2.05, 4.69) is 0 Å². The molecule has 0 aliphatic rings. The summed E-state index contributed by atoms with van der Waals surface area (Å²) >= 11 is 0. The first-order valence-electron chi connectivity index (χ1n) is 3.07. The molecule has 1 amide bonds. The van der Waals surface area contributed by atoms with Crippen molar-refractivity contribution < 1.29 is 46.5 Å². The predicted octanol–water partition coefficient (Wildman–Crippen LogP) is 1.81. The molecule has 1 rings (SSSR count). The van der Waals surface area contributed by atoms with Gasteiger partial charge in [-0.2, -0.15) is 0 Å². The van der Waals surface area contributed by atoms with Gasteiger partial charge in [-0.3, -0.25) is 0 Å². The molecule has 0 spiro atoms. The monoisotopic (exact) mass is 274 g/mol. The molecule has 11 heavy (non-hydrogen) atoms. The van der Waals surface area contributed by atoms with Gasteiger partial charge in [0.25, 0.3) is 0 Å². The SMILES string of the molecule is [Ce].[NH-]C(=O)Cc1ccccc1. The van der Waals surface area contributed by atoms with Crippen LogP contribution >= 0.6 is 0 Å². The molecule has 0 heterocycles. The smallest absolute Gasteiger partial charge is 0.0532 e. The minimum atomic E-state index is -0.536. The summed E-state index contributed by atoms with van der Waals surface area (Å²) in [4.78, 5) is 10.3. The number of nitrogens with one attached hydrogen (secondary N) is 1. The van der Waals surface area contributed by atoms with E-state index < -0.39 is 5.91 Å². The average molecular weight is 274 g/mol. The summed E-state index contributed by atoms with van der Waals surface area (Å²) in [5.74, 6) is -0.536. The van der Waals surface area contributed by atoms with Crippen LogP contribution in [0.5, 0.6) is 0 Å². The van der Waals surface area contributed by atoms with Crippen LogP contribution in [0.4, 0.5) is 0 Å². The Balaban J connectivity index is 0.000001000. The number of rotatable bonds is 2. The maximum atomic E-state index is 10.3. The molecule has 0 saturated heterocycles. The summed E-state index contributed by atoms with van der Waals surface area (Å²) in [7, 11) is 0. The first-order chi connectivity index (χ1) is 4.79. The van der Waals surface area contributed by atoms with Crippen LogP contribution in [-0.4, -0.2) is 5.91 Å². The number of carbonyl (C=O) groups is 1. The number of benzene rings is 1. The molecule has 0 saturated carbocycles. The van der Waals surface area contributed by atoms with Gasteiger partial charge in [-0.15, -0.1) is 0 Å². The second-order valence-electron chi connectivity index (χ2n) is 2.09. The molecular weight excluding hydrogens is 266 g/mol. The summed E-state index contributed by atoms with van der Waals surface area (Å²) in [6.07, 6.45) is 0.223. The Morgan fingerprint density at radius 1 is 1.27 bits per heavy atom. The Bertz CT molecular complexity index is 223. The minimum Gasteiger partial charge on any atom is -0.667 e. The molecule has 0 radical (unpaired) electrons. The van der Waals surface area contributed by atoms with Crippen molar-refractivity contribution in [1.29, 1.82) is 0 Å². The van der Waals surface area contributed by atoms with Crippen molar-refractivity contribution in [3.8, 4) is 0 Å². The maximum absolute atomic E-state index is 10.3. The Hall–Kier alpha value is 0.0666. The van der Waals surface area contributed by atoms with E-state index in [1.807, 2.05) is 30.3 Å².